The Labute approximate surface area is 178 Å². The van der Waals surface area contributed by atoms with E-state index in [0.717, 1.165) is 24.1 Å². The highest BCUT2D eigenvalue weighted by atomic mass is 16.6. The summed E-state index contributed by atoms with van der Waals surface area (Å²) in [6.07, 6.45) is 5.48. The van der Waals surface area contributed by atoms with Crippen LogP contribution in [0, 0.1) is 25.2 Å². The number of aromatic nitrogens is 1. The molecule has 1 aromatic rings. The van der Waals surface area contributed by atoms with Crippen LogP contribution in [0.4, 0.5) is 10.6 Å². The van der Waals surface area contributed by atoms with Crippen LogP contribution in [0.25, 0.3) is 0 Å². The summed E-state index contributed by atoms with van der Waals surface area (Å²) in [5, 5.41) is 12.8. The lowest BCUT2D eigenvalue weighted by atomic mass is 9.95. The van der Waals surface area contributed by atoms with E-state index in [4.69, 9.17) is 4.74 Å². The van der Waals surface area contributed by atoms with Crippen LogP contribution in [0.1, 0.15) is 61.9 Å². The molecule has 164 valence electrons. The fraction of sp³-hybridized carbons (Fsp3) is 0.682. The Morgan fingerprint density at radius 1 is 1.13 bits per heavy atom. The Balaban J connectivity index is 1.66. The third-order valence-electron chi connectivity index (χ3n) is 6.33. The van der Waals surface area contributed by atoms with Gasteiger partial charge in [-0.25, -0.2) is 4.79 Å². The molecule has 30 heavy (non-hydrogen) atoms. The molecular formula is C22H33N5O3. The van der Waals surface area contributed by atoms with Gasteiger partial charge >= 0.3 is 6.09 Å². The van der Waals surface area contributed by atoms with Crippen LogP contribution in [-0.2, 0) is 9.53 Å². The second kappa shape index (κ2) is 9.98. The van der Waals surface area contributed by atoms with Crippen LogP contribution in [0.3, 0.4) is 0 Å². The largest absolute Gasteiger partial charge is 0.450 e. The van der Waals surface area contributed by atoms with E-state index in [1.165, 1.54) is 19.3 Å². The van der Waals surface area contributed by atoms with Gasteiger partial charge < -0.3 is 19.5 Å². The van der Waals surface area contributed by atoms with Crippen LogP contribution in [0.5, 0.6) is 0 Å². The van der Waals surface area contributed by atoms with Gasteiger partial charge in [-0.1, -0.05) is 19.3 Å². The standard InChI is InChI=1S/C22H33N5O3/c1-4-30-22(29)26-12-10-25(11-13-26)15-20(28)24-21-19(14-23)16(2)17(3)27(21)18-8-6-5-7-9-18/h18H,4-13,15H2,1-3H3,(H,24,28). The van der Waals surface area contributed by atoms with Gasteiger partial charge in [-0.05, 0) is 39.2 Å². The Kier molecular flexibility index (Phi) is 7.38. The highest BCUT2D eigenvalue weighted by Gasteiger charge is 2.27. The highest BCUT2D eigenvalue weighted by Crippen LogP contribution is 2.36. The number of ether oxygens (including phenoxy) is 1. The van der Waals surface area contributed by atoms with Crippen molar-refractivity contribution in [2.75, 3.05) is 44.6 Å². The normalized spacial score (nSPS) is 18.1. The molecule has 0 bridgehead atoms. The number of hydrogen-bond acceptors (Lipinski definition) is 5. The number of amides is 2. The van der Waals surface area contributed by atoms with Gasteiger partial charge in [-0.2, -0.15) is 5.26 Å². The van der Waals surface area contributed by atoms with Crippen molar-refractivity contribution in [1.82, 2.24) is 14.4 Å². The van der Waals surface area contributed by atoms with Crippen molar-refractivity contribution in [2.45, 2.75) is 58.9 Å². The molecule has 2 amide bonds. The first kappa shape index (κ1) is 22.2. The SMILES string of the molecule is CCOC(=O)N1CCN(CC(=O)Nc2c(C#N)c(C)c(C)n2C2CCCCC2)CC1. The van der Waals surface area contributed by atoms with Crippen LogP contribution in [-0.4, -0.2) is 65.7 Å². The van der Waals surface area contributed by atoms with Crippen molar-refractivity contribution in [3.05, 3.63) is 16.8 Å². The summed E-state index contributed by atoms with van der Waals surface area (Å²) in [5.74, 6) is 0.528. The predicted octanol–water partition coefficient (Wildman–Crippen LogP) is 3.19. The molecule has 1 saturated carbocycles. The zero-order valence-corrected chi connectivity index (χ0v) is 18.4. The van der Waals surface area contributed by atoms with Gasteiger partial charge in [0.05, 0.1) is 18.7 Å². The lowest BCUT2D eigenvalue weighted by Gasteiger charge is -2.33. The maximum atomic E-state index is 12.8. The van der Waals surface area contributed by atoms with Gasteiger partial charge in [0.1, 0.15) is 11.9 Å². The van der Waals surface area contributed by atoms with Crippen LogP contribution in [0.2, 0.25) is 0 Å². The molecule has 8 heteroatoms. The minimum absolute atomic E-state index is 0.120. The second-order valence-electron chi connectivity index (χ2n) is 8.22. The molecule has 2 heterocycles. The molecule has 1 N–H and O–H groups in total. The summed E-state index contributed by atoms with van der Waals surface area (Å²) in [7, 11) is 0. The smallest absolute Gasteiger partial charge is 0.409 e. The Hall–Kier alpha value is -2.53. The summed E-state index contributed by atoms with van der Waals surface area (Å²) in [5.41, 5.74) is 2.58. The molecule has 2 fully saturated rings. The van der Waals surface area contributed by atoms with Crippen molar-refractivity contribution in [1.29, 1.82) is 5.26 Å². The molecule has 1 saturated heterocycles. The van der Waals surface area contributed by atoms with E-state index in [0.29, 0.717) is 50.2 Å². The third kappa shape index (κ3) is 4.78. The van der Waals surface area contributed by atoms with E-state index in [9.17, 15) is 14.9 Å². The molecule has 3 rings (SSSR count). The molecule has 0 aromatic carbocycles. The topological polar surface area (TPSA) is 90.6 Å². The van der Waals surface area contributed by atoms with E-state index < -0.39 is 0 Å². The van der Waals surface area contributed by atoms with E-state index in [-0.39, 0.29) is 18.5 Å². The molecule has 1 aliphatic carbocycles. The van der Waals surface area contributed by atoms with Gasteiger partial charge in [-0.3, -0.25) is 9.69 Å². The molecule has 0 radical (unpaired) electrons. The molecule has 1 aliphatic heterocycles. The monoisotopic (exact) mass is 415 g/mol. The van der Waals surface area contributed by atoms with E-state index >= 15 is 0 Å². The number of carbonyl (C=O) groups excluding carboxylic acids is 2. The molecular weight excluding hydrogens is 382 g/mol. The summed E-state index contributed by atoms with van der Waals surface area (Å²) in [6, 6.07) is 2.63. The number of anilines is 1. The number of piperazine rings is 1. The zero-order chi connectivity index (χ0) is 21.7. The molecule has 0 unspecified atom stereocenters. The Bertz CT molecular complexity index is 812. The van der Waals surface area contributed by atoms with Gasteiger partial charge in [0.2, 0.25) is 5.91 Å². The fourth-order valence-electron chi connectivity index (χ4n) is 4.56. The summed E-state index contributed by atoms with van der Waals surface area (Å²) >= 11 is 0. The zero-order valence-electron chi connectivity index (χ0n) is 18.4. The average Bonchev–Trinajstić information content (AvgIpc) is 2.98. The highest BCUT2D eigenvalue weighted by molar-refractivity contribution is 5.93. The number of nitriles is 1. The van der Waals surface area contributed by atoms with Gasteiger partial charge in [0, 0.05) is 37.9 Å². The molecule has 8 nitrogen and oxygen atoms in total. The summed E-state index contributed by atoms with van der Waals surface area (Å²) in [6.45, 7) is 8.74. The van der Waals surface area contributed by atoms with Crippen molar-refractivity contribution in [2.24, 2.45) is 0 Å². The van der Waals surface area contributed by atoms with Crippen LogP contribution < -0.4 is 5.32 Å². The van der Waals surface area contributed by atoms with Crippen molar-refractivity contribution < 1.29 is 14.3 Å². The Morgan fingerprint density at radius 3 is 2.40 bits per heavy atom. The van der Waals surface area contributed by atoms with E-state index in [1.54, 1.807) is 11.8 Å². The fourth-order valence-corrected chi connectivity index (χ4v) is 4.56. The quantitative estimate of drug-likeness (QED) is 0.798. The average molecular weight is 416 g/mol. The number of rotatable bonds is 5. The van der Waals surface area contributed by atoms with Gasteiger partial charge in [0.15, 0.2) is 0 Å². The van der Waals surface area contributed by atoms with Crippen molar-refractivity contribution >= 4 is 17.8 Å². The molecule has 0 spiro atoms. The van der Waals surface area contributed by atoms with E-state index in [1.807, 2.05) is 18.7 Å². The molecule has 0 atom stereocenters. The number of nitrogens with one attached hydrogen (secondary N) is 1. The predicted molar refractivity (Wildman–Crippen MR) is 114 cm³/mol. The van der Waals surface area contributed by atoms with Crippen molar-refractivity contribution in [3.8, 4) is 6.07 Å². The second-order valence-corrected chi connectivity index (χ2v) is 8.22. The van der Waals surface area contributed by atoms with Crippen molar-refractivity contribution in [3.63, 3.8) is 0 Å². The first-order valence-corrected chi connectivity index (χ1v) is 11.0. The number of nitrogens with zero attached hydrogens (tertiary/aromatic N) is 4. The molecule has 2 aliphatic rings. The third-order valence-corrected chi connectivity index (χ3v) is 6.33. The summed E-state index contributed by atoms with van der Waals surface area (Å²) < 4.78 is 7.23. The first-order chi connectivity index (χ1) is 14.5. The first-order valence-electron chi connectivity index (χ1n) is 11.0. The van der Waals surface area contributed by atoms with E-state index in [2.05, 4.69) is 16.0 Å². The number of hydrogen-bond donors (Lipinski definition) is 1. The lowest BCUT2D eigenvalue weighted by Crippen LogP contribution is -2.50. The lowest BCUT2D eigenvalue weighted by molar-refractivity contribution is -0.117. The summed E-state index contributed by atoms with van der Waals surface area (Å²) in [4.78, 5) is 28.4. The number of carbonyl (C=O) groups is 2. The Morgan fingerprint density at radius 2 is 1.80 bits per heavy atom. The maximum absolute atomic E-state index is 12.8. The van der Waals surface area contributed by atoms with Gasteiger partial charge in [-0.15, -0.1) is 0 Å². The maximum Gasteiger partial charge on any atom is 0.409 e. The molecule has 1 aromatic heterocycles. The van der Waals surface area contributed by atoms with Crippen LogP contribution >= 0.6 is 0 Å². The van der Waals surface area contributed by atoms with Crippen LogP contribution in [0.15, 0.2) is 0 Å². The minimum Gasteiger partial charge on any atom is -0.450 e. The van der Waals surface area contributed by atoms with Gasteiger partial charge in [0.25, 0.3) is 0 Å². The minimum atomic E-state index is -0.295.